The molecule has 124 heavy (non-hydrogen) atoms. The van der Waals surface area contributed by atoms with E-state index >= 15 is 0 Å². The topological polar surface area (TPSA) is 216 Å². The first kappa shape index (κ1) is 96.5. The predicted molar refractivity (Wildman–Crippen MR) is 500 cm³/mol. The number of alkyl halides is 1. The Bertz CT molecular complexity index is 6170. The molecular formula is C87H72Br4Cl2F9N15O2S5. The molecule has 8 heterocycles. The number of anilines is 5. The van der Waals surface area contributed by atoms with Crippen LogP contribution < -0.4 is 21.3 Å². The molecule has 0 unspecified atom stereocenters. The highest BCUT2D eigenvalue weighted by Crippen LogP contribution is 2.40. The fraction of sp³-hybridized carbons (Fsp3) is 0.172. The number of thioether (sulfide) groups is 1. The quantitative estimate of drug-likeness (QED) is 0.0334. The Balaban J connectivity index is 0.000000154. The third-order valence-corrected chi connectivity index (χ3v) is 23.7. The molecule has 642 valence electrons. The van der Waals surface area contributed by atoms with Crippen molar-refractivity contribution >= 4 is 216 Å². The number of ketones is 2. The van der Waals surface area contributed by atoms with Crippen LogP contribution in [0.5, 0.6) is 0 Å². The summed E-state index contributed by atoms with van der Waals surface area (Å²) in [4.78, 5) is 41.6. The Kier molecular flexibility index (Phi) is 37.0. The molecule has 0 radical (unpaired) electrons. The zero-order valence-corrected chi connectivity index (χ0v) is 77.8. The first-order valence-corrected chi connectivity index (χ1v) is 46.3. The summed E-state index contributed by atoms with van der Waals surface area (Å²) >= 11 is 30.8. The Labute approximate surface area is 771 Å². The number of hydrogen-bond acceptors (Lipinski definition) is 19. The highest BCUT2D eigenvalue weighted by Gasteiger charge is 2.24. The van der Waals surface area contributed by atoms with Gasteiger partial charge in [-0.1, -0.05) is 93.3 Å². The van der Waals surface area contributed by atoms with E-state index < -0.39 is 0 Å². The average molecular weight is 2080 g/mol. The standard InChI is InChI=1S/C20H17BrF2N4S.C18H13BrF2N4S.C9H9BrFN3.2C9H5ClFNS.C9H6FNOS.C8H6BrFO.C5H11N/c1-3-26(20-24-17(11-28-20)12-5-7-14(22)8-6-12)19-15-9-13(21)10-16(23)18(15)25-27(19)4-2;1-2-25-17(13-7-11(19)8-14(21)16(13)24-25)23-18-22-15(9-26-18)10-3-5-12(20)6-4-10;1-2-14-9(12)6-3-5(10)4-7(11)8(6)13-14;2*10-9-12-8(5-13-9)6-1-3-7(11)4-2-6;10-8-3-1-7(2-4-8)9(12)5-13-6-11;9-5-8(11)6-1-3-7(10)4-2-6;1-2-4-6-5-3-1/h5-11H,3-4H2,1-2H3;3-9H,2H2,1H3,(H,22,23);3-4H,2,12H2,1H3;2*1-5H;1-4H,5H2;1-4H,5H2;6H,1-5H2. The molecule has 4 N–H and O–H groups in total. The number of aromatic nitrogens is 10. The van der Waals surface area contributed by atoms with Crippen molar-refractivity contribution in [1.82, 2.24) is 54.6 Å². The van der Waals surface area contributed by atoms with Gasteiger partial charge in [0.05, 0.1) is 33.9 Å². The molecule has 16 aromatic rings. The third-order valence-electron chi connectivity index (χ3n) is 17.7. The van der Waals surface area contributed by atoms with Gasteiger partial charge in [0, 0.05) is 111 Å². The maximum absolute atomic E-state index is 14.4. The number of Topliss-reactive ketones (excluding diaryl/α,β-unsaturated/α-hetero) is 2. The van der Waals surface area contributed by atoms with Gasteiger partial charge in [0.2, 0.25) is 0 Å². The van der Waals surface area contributed by atoms with Crippen LogP contribution in [0.25, 0.3) is 77.7 Å². The Hall–Kier alpha value is -9.68. The molecule has 1 fully saturated rings. The van der Waals surface area contributed by atoms with Crippen molar-refractivity contribution in [3.63, 3.8) is 0 Å². The number of nitrogens with zero attached hydrogens (tertiary/aromatic N) is 12. The zero-order chi connectivity index (χ0) is 89.1. The second kappa shape index (κ2) is 47.6. The smallest absolute Gasteiger partial charge is 0.191 e. The fourth-order valence-corrected chi connectivity index (χ4v) is 16.8. The fourth-order valence-electron chi connectivity index (χ4n) is 11.6. The molecule has 7 aromatic heterocycles. The molecule has 17 nitrogen and oxygen atoms in total. The second-order valence-electron chi connectivity index (χ2n) is 26.0. The van der Waals surface area contributed by atoms with Gasteiger partial charge in [-0.15, -0.1) is 45.3 Å². The normalized spacial score (nSPS) is 11.3. The van der Waals surface area contributed by atoms with Crippen LogP contribution in [0.1, 0.15) is 67.7 Å². The van der Waals surface area contributed by atoms with Crippen LogP contribution in [-0.4, -0.2) is 91.6 Å². The van der Waals surface area contributed by atoms with E-state index in [1.807, 2.05) is 66.2 Å². The Morgan fingerprint density at radius 3 is 1.26 bits per heavy atom. The predicted octanol–water partition coefficient (Wildman–Crippen LogP) is 27.5. The number of nitrogens with one attached hydrogen (secondary N) is 2. The van der Waals surface area contributed by atoms with Crippen LogP contribution in [-0.2, 0) is 19.6 Å². The van der Waals surface area contributed by atoms with E-state index in [1.54, 1.807) is 74.0 Å². The minimum absolute atomic E-state index is 0.0370. The van der Waals surface area contributed by atoms with Gasteiger partial charge in [0.1, 0.15) is 74.3 Å². The number of thiocyanates is 1. The van der Waals surface area contributed by atoms with Crippen LogP contribution in [0.4, 0.5) is 67.2 Å². The van der Waals surface area contributed by atoms with Crippen LogP contribution in [0.3, 0.4) is 0 Å². The molecule has 1 aliphatic rings. The number of benzene rings is 9. The van der Waals surface area contributed by atoms with E-state index in [9.17, 15) is 49.1 Å². The molecule has 17 rings (SSSR count). The van der Waals surface area contributed by atoms with E-state index in [4.69, 9.17) is 39.2 Å². The lowest BCUT2D eigenvalue weighted by molar-refractivity contribution is 0.101. The van der Waals surface area contributed by atoms with Crippen molar-refractivity contribution in [2.24, 2.45) is 0 Å². The van der Waals surface area contributed by atoms with E-state index in [0.717, 1.165) is 73.1 Å². The number of halogens is 15. The van der Waals surface area contributed by atoms with E-state index in [-0.39, 0.29) is 75.0 Å². The van der Waals surface area contributed by atoms with Gasteiger partial charge in [-0.25, -0.2) is 73.5 Å². The highest BCUT2D eigenvalue weighted by atomic mass is 79.9. The van der Waals surface area contributed by atoms with Gasteiger partial charge >= 0.3 is 0 Å². The number of piperidine rings is 1. The van der Waals surface area contributed by atoms with Crippen LogP contribution in [0, 0.1) is 63.0 Å². The second-order valence-corrected chi connectivity index (χ2v) is 34.6. The molecule has 0 bridgehead atoms. The summed E-state index contributed by atoms with van der Waals surface area (Å²) in [5.74, 6) is -0.933. The van der Waals surface area contributed by atoms with E-state index in [0.29, 0.717) is 104 Å². The molecule has 0 spiro atoms. The van der Waals surface area contributed by atoms with Gasteiger partial charge in [-0.05, 0) is 247 Å². The number of nitriles is 1. The van der Waals surface area contributed by atoms with Crippen LogP contribution >= 0.6 is 144 Å². The number of nitrogens with two attached hydrogens (primary N) is 1. The largest absolute Gasteiger partial charge is 0.383 e. The van der Waals surface area contributed by atoms with E-state index in [2.05, 4.69) is 105 Å². The molecule has 0 atom stereocenters. The number of carbonyl (C=O) groups excluding carboxylic acids is 2. The lowest BCUT2D eigenvalue weighted by Gasteiger charge is -2.21. The van der Waals surface area contributed by atoms with Gasteiger partial charge in [-0.2, -0.15) is 20.6 Å². The molecule has 9 aromatic carbocycles. The number of hydrogen-bond donors (Lipinski definition) is 3. The average Bonchev–Trinajstić information content (AvgIpc) is 1.63. The Morgan fingerprint density at radius 1 is 0.492 bits per heavy atom. The minimum atomic E-state index is -0.379. The number of rotatable bonds is 17. The summed E-state index contributed by atoms with van der Waals surface area (Å²) in [5, 5.41) is 40.7. The maximum atomic E-state index is 14.4. The summed E-state index contributed by atoms with van der Waals surface area (Å²) in [6, 6.07) is 45.2. The number of fused-ring (bicyclic) bond motifs is 3. The van der Waals surface area contributed by atoms with Crippen molar-refractivity contribution < 1.29 is 49.1 Å². The first-order chi connectivity index (χ1) is 59.7. The summed E-state index contributed by atoms with van der Waals surface area (Å²) in [6.45, 7) is 12.8. The van der Waals surface area contributed by atoms with Gasteiger partial charge in [-0.3, -0.25) is 9.59 Å². The van der Waals surface area contributed by atoms with E-state index in [1.165, 1.54) is 193 Å². The van der Waals surface area contributed by atoms with Crippen molar-refractivity contribution in [2.45, 2.75) is 66.6 Å². The first-order valence-electron chi connectivity index (χ1n) is 37.6. The molecule has 37 heteroatoms. The monoisotopic (exact) mass is 2080 g/mol. The minimum Gasteiger partial charge on any atom is -0.383 e. The van der Waals surface area contributed by atoms with Gasteiger partial charge < -0.3 is 21.3 Å². The van der Waals surface area contributed by atoms with Crippen molar-refractivity contribution in [3.8, 4) is 50.4 Å². The lowest BCUT2D eigenvalue weighted by Crippen LogP contribution is -2.21. The maximum Gasteiger partial charge on any atom is 0.191 e. The summed E-state index contributed by atoms with van der Waals surface area (Å²) < 4.78 is 126. The Morgan fingerprint density at radius 2 is 0.863 bits per heavy atom. The van der Waals surface area contributed by atoms with Crippen molar-refractivity contribution in [3.05, 3.63) is 289 Å². The van der Waals surface area contributed by atoms with Gasteiger partial charge in [0.15, 0.2) is 48.2 Å². The zero-order valence-electron chi connectivity index (χ0n) is 65.9. The summed E-state index contributed by atoms with van der Waals surface area (Å²) in [5.41, 5.74) is 14.3. The van der Waals surface area contributed by atoms with Crippen molar-refractivity contribution in [2.75, 3.05) is 46.7 Å². The lowest BCUT2D eigenvalue weighted by atomic mass is 10.1. The summed E-state index contributed by atoms with van der Waals surface area (Å²) in [7, 11) is 0. The number of thiazole rings is 4. The van der Waals surface area contributed by atoms with Crippen molar-refractivity contribution in [1.29, 1.82) is 5.26 Å². The van der Waals surface area contributed by atoms with Crippen LogP contribution in [0.2, 0.25) is 8.93 Å². The number of nitrogen functional groups attached to an aromatic ring is 1. The third kappa shape index (κ3) is 27.2. The SMILES string of the molecule is C1CCNCC1.CCN(c1nc(-c2ccc(F)cc2)cs1)c1c2cc(Br)cc(F)c2nn1CC.CCn1nc2c(F)cc(Br)cc2c1N.CCn1nc2c(F)cc(Br)cc2c1Nc1nc(-c2ccc(F)cc2)cs1.Fc1ccc(-c2csc(Cl)n2)cc1.Fc1ccc(-c2csc(Cl)n2)cc1.N#CSCC(=O)c1ccc(F)cc1.O=C(CBr)c1ccc(F)cc1. The molecular weight excluding hydrogens is 2010 g/mol. The summed E-state index contributed by atoms with van der Waals surface area (Å²) in [6.07, 6.45) is 4.22. The van der Waals surface area contributed by atoms with Crippen LogP contribution in [0.15, 0.2) is 217 Å². The molecule has 1 aliphatic heterocycles. The number of aryl methyl sites for hydroxylation is 3. The van der Waals surface area contributed by atoms with Gasteiger partial charge in [0.25, 0.3) is 0 Å². The highest BCUT2D eigenvalue weighted by molar-refractivity contribution is 9.11. The molecule has 0 amide bonds. The molecule has 0 aliphatic carbocycles. The molecule has 1 saturated heterocycles. The molecule has 0 saturated carbocycles. The number of carbonyl (C=O) groups is 2.